The molecule has 5 nitrogen and oxygen atoms in total. The number of nitrogens with zero attached hydrogens (tertiary/aromatic N) is 2. The number of para-hydroxylation sites is 1. The topological polar surface area (TPSA) is 63.4 Å². The van der Waals surface area contributed by atoms with Crippen molar-refractivity contribution in [2.24, 2.45) is 0 Å². The Bertz CT molecular complexity index is 1190. The summed E-state index contributed by atoms with van der Waals surface area (Å²) in [6.45, 7) is 2.16. The molecule has 0 N–H and O–H groups in total. The molecule has 0 unspecified atom stereocenters. The van der Waals surface area contributed by atoms with Crippen LogP contribution in [0.15, 0.2) is 100 Å². The molecule has 0 radical (unpaired) electrons. The van der Waals surface area contributed by atoms with Crippen LogP contribution in [-0.2, 0) is 10.0 Å². The zero-order valence-corrected chi connectivity index (χ0v) is 16.7. The van der Waals surface area contributed by atoms with Crippen LogP contribution in [0.1, 0.15) is 6.92 Å². The SMILES string of the molecule is CCN(c1ccccc1)S(=O)(=O)c1ccc(-c2ncc(-c3ccccc3)o2)cc1. The highest BCUT2D eigenvalue weighted by Gasteiger charge is 2.23. The van der Waals surface area contributed by atoms with Crippen molar-refractivity contribution >= 4 is 15.7 Å². The smallest absolute Gasteiger partial charge is 0.264 e. The van der Waals surface area contributed by atoms with Crippen molar-refractivity contribution in [2.45, 2.75) is 11.8 Å². The number of aromatic nitrogens is 1. The van der Waals surface area contributed by atoms with Gasteiger partial charge >= 0.3 is 0 Å². The van der Waals surface area contributed by atoms with E-state index in [1.54, 1.807) is 42.6 Å². The maximum absolute atomic E-state index is 13.1. The number of benzene rings is 3. The summed E-state index contributed by atoms with van der Waals surface area (Å²) < 4.78 is 33.4. The summed E-state index contributed by atoms with van der Waals surface area (Å²) >= 11 is 0. The molecule has 0 aliphatic heterocycles. The first-order valence-corrected chi connectivity index (χ1v) is 10.7. The van der Waals surface area contributed by atoms with Crippen molar-refractivity contribution in [1.29, 1.82) is 0 Å². The van der Waals surface area contributed by atoms with Crippen molar-refractivity contribution in [3.63, 3.8) is 0 Å². The lowest BCUT2D eigenvalue weighted by Gasteiger charge is -2.22. The first kappa shape index (κ1) is 19.0. The summed E-state index contributed by atoms with van der Waals surface area (Å²) in [5.41, 5.74) is 2.29. The van der Waals surface area contributed by atoms with Gasteiger partial charge < -0.3 is 4.42 Å². The minimum Gasteiger partial charge on any atom is -0.436 e. The van der Waals surface area contributed by atoms with E-state index in [2.05, 4.69) is 4.98 Å². The number of anilines is 1. The highest BCUT2D eigenvalue weighted by Crippen LogP contribution is 2.28. The number of rotatable bonds is 6. The van der Waals surface area contributed by atoms with Gasteiger partial charge in [0.2, 0.25) is 5.89 Å². The summed E-state index contributed by atoms with van der Waals surface area (Å²) in [7, 11) is -3.66. The zero-order chi connectivity index (χ0) is 20.3. The average molecular weight is 404 g/mol. The van der Waals surface area contributed by atoms with E-state index in [0.717, 1.165) is 5.56 Å². The Balaban J connectivity index is 1.62. The molecule has 0 aliphatic carbocycles. The van der Waals surface area contributed by atoms with Gasteiger partial charge in [-0.3, -0.25) is 4.31 Å². The molecule has 0 amide bonds. The van der Waals surface area contributed by atoms with E-state index in [1.807, 2.05) is 55.5 Å². The largest absolute Gasteiger partial charge is 0.436 e. The molecular weight excluding hydrogens is 384 g/mol. The van der Waals surface area contributed by atoms with Gasteiger partial charge in [-0.1, -0.05) is 48.5 Å². The Labute approximate surface area is 170 Å². The lowest BCUT2D eigenvalue weighted by Crippen LogP contribution is -2.30. The first-order valence-electron chi connectivity index (χ1n) is 9.29. The quantitative estimate of drug-likeness (QED) is 0.442. The fraction of sp³-hybridized carbons (Fsp3) is 0.0870. The second-order valence-electron chi connectivity index (χ2n) is 6.43. The second kappa shape index (κ2) is 7.93. The molecule has 1 heterocycles. The van der Waals surface area contributed by atoms with Crippen LogP contribution in [0.4, 0.5) is 5.69 Å². The van der Waals surface area contributed by atoms with Crippen LogP contribution in [0.25, 0.3) is 22.8 Å². The van der Waals surface area contributed by atoms with Crippen LogP contribution in [-0.4, -0.2) is 19.9 Å². The Morgan fingerprint density at radius 1 is 0.828 bits per heavy atom. The van der Waals surface area contributed by atoms with Crippen molar-refractivity contribution in [2.75, 3.05) is 10.8 Å². The van der Waals surface area contributed by atoms with E-state index in [1.165, 1.54) is 4.31 Å². The maximum atomic E-state index is 13.1. The molecule has 0 bridgehead atoms. The van der Waals surface area contributed by atoms with E-state index >= 15 is 0 Å². The maximum Gasteiger partial charge on any atom is 0.264 e. The van der Waals surface area contributed by atoms with Gasteiger partial charge in [0.15, 0.2) is 5.76 Å². The Morgan fingerprint density at radius 3 is 2.07 bits per heavy atom. The summed E-state index contributed by atoms with van der Waals surface area (Å²) in [5, 5.41) is 0. The molecular formula is C23H20N2O3S. The van der Waals surface area contributed by atoms with Crippen molar-refractivity contribution in [3.05, 3.63) is 91.1 Å². The van der Waals surface area contributed by atoms with Gasteiger partial charge in [0.1, 0.15) is 0 Å². The van der Waals surface area contributed by atoms with Crippen molar-refractivity contribution < 1.29 is 12.8 Å². The summed E-state index contributed by atoms with van der Waals surface area (Å²) in [4.78, 5) is 4.55. The predicted octanol–water partition coefficient (Wildman–Crippen LogP) is 5.22. The number of sulfonamides is 1. The zero-order valence-electron chi connectivity index (χ0n) is 15.9. The van der Waals surface area contributed by atoms with Crippen LogP contribution in [0.2, 0.25) is 0 Å². The molecule has 0 fully saturated rings. The lowest BCUT2D eigenvalue weighted by atomic mass is 10.2. The van der Waals surface area contributed by atoms with Gasteiger partial charge in [0.25, 0.3) is 10.0 Å². The first-order chi connectivity index (χ1) is 14.1. The molecule has 29 heavy (non-hydrogen) atoms. The molecule has 3 aromatic carbocycles. The molecule has 1 aromatic heterocycles. The van der Waals surface area contributed by atoms with Crippen LogP contribution in [0.5, 0.6) is 0 Å². The fourth-order valence-electron chi connectivity index (χ4n) is 3.13. The molecule has 0 atom stereocenters. The Morgan fingerprint density at radius 2 is 1.45 bits per heavy atom. The van der Waals surface area contributed by atoms with E-state index in [4.69, 9.17) is 4.42 Å². The van der Waals surface area contributed by atoms with Gasteiger partial charge in [-0.05, 0) is 43.3 Å². The third-order valence-electron chi connectivity index (χ3n) is 4.58. The summed E-state index contributed by atoms with van der Waals surface area (Å²) in [6, 6.07) is 25.4. The molecule has 0 saturated heterocycles. The molecule has 0 spiro atoms. The average Bonchev–Trinajstić information content (AvgIpc) is 3.26. The minimum atomic E-state index is -3.66. The van der Waals surface area contributed by atoms with Crippen LogP contribution in [0.3, 0.4) is 0 Å². The lowest BCUT2D eigenvalue weighted by molar-refractivity contribution is 0.587. The van der Waals surface area contributed by atoms with Gasteiger partial charge in [0.05, 0.1) is 16.8 Å². The monoisotopic (exact) mass is 404 g/mol. The highest BCUT2D eigenvalue weighted by atomic mass is 32.2. The van der Waals surface area contributed by atoms with Crippen LogP contribution < -0.4 is 4.31 Å². The van der Waals surface area contributed by atoms with E-state index in [9.17, 15) is 8.42 Å². The van der Waals surface area contributed by atoms with E-state index < -0.39 is 10.0 Å². The minimum absolute atomic E-state index is 0.224. The van der Waals surface area contributed by atoms with E-state index in [0.29, 0.717) is 29.4 Å². The highest BCUT2D eigenvalue weighted by molar-refractivity contribution is 7.92. The van der Waals surface area contributed by atoms with Gasteiger partial charge in [0, 0.05) is 17.7 Å². The molecule has 0 aliphatic rings. The predicted molar refractivity (Wildman–Crippen MR) is 114 cm³/mol. The third-order valence-corrected chi connectivity index (χ3v) is 6.50. The third kappa shape index (κ3) is 3.79. The normalized spacial score (nSPS) is 11.3. The molecule has 0 saturated carbocycles. The summed E-state index contributed by atoms with van der Waals surface area (Å²) in [5.74, 6) is 1.11. The van der Waals surface area contributed by atoms with Gasteiger partial charge in [-0.15, -0.1) is 0 Å². The van der Waals surface area contributed by atoms with Crippen molar-refractivity contribution in [1.82, 2.24) is 4.98 Å². The van der Waals surface area contributed by atoms with Gasteiger partial charge in [-0.25, -0.2) is 13.4 Å². The van der Waals surface area contributed by atoms with Crippen LogP contribution in [0, 0.1) is 0 Å². The summed E-state index contributed by atoms with van der Waals surface area (Å²) in [6.07, 6.45) is 1.67. The Hall–Kier alpha value is -3.38. The molecule has 4 aromatic rings. The Kier molecular flexibility index (Phi) is 5.18. The molecule has 146 valence electrons. The number of oxazole rings is 1. The second-order valence-corrected chi connectivity index (χ2v) is 8.29. The van der Waals surface area contributed by atoms with Gasteiger partial charge in [-0.2, -0.15) is 0 Å². The standard InChI is InChI=1S/C23H20N2O3S/c1-2-25(20-11-7-4-8-12-20)29(26,27)21-15-13-19(14-16-21)23-24-17-22(28-23)18-9-5-3-6-10-18/h3-17H,2H2,1H3. The number of hydrogen-bond donors (Lipinski definition) is 0. The number of hydrogen-bond acceptors (Lipinski definition) is 4. The molecule has 4 rings (SSSR count). The van der Waals surface area contributed by atoms with Crippen LogP contribution >= 0.6 is 0 Å². The van der Waals surface area contributed by atoms with Crippen molar-refractivity contribution in [3.8, 4) is 22.8 Å². The molecule has 6 heteroatoms. The van der Waals surface area contributed by atoms with E-state index in [-0.39, 0.29) is 4.90 Å². The fourth-order valence-corrected chi connectivity index (χ4v) is 4.60.